The molecule has 0 aliphatic carbocycles. The molecule has 1 aliphatic heterocycles. The summed E-state index contributed by atoms with van der Waals surface area (Å²) in [7, 11) is 0.815. The largest absolute Gasteiger partial charge is 0.220 e. The predicted octanol–water partition coefficient (Wildman–Crippen LogP) is 6.36. The van der Waals surface area contributed by atoms with E-state index in [9.17, 15) is 0 Å². The first-order valence-electron chi connectivity index (χ1n) is 11.1. The van der Waals surface area contributed by atoms with Crippen LogP contribution in [-0.2, 0) is 7.05 Å². The molecule has 29 heavy (non-hydrogen) atoms. The third-order valence-electron chi connectivity index (χ3n) is 7.61. The van der Waals surface area contributed by atoms with Gasteiger partial charge in [0.1, 0.15) is 7.05 Å². The zero-order valence-electron chi connectivity index (χ0n) is 19.3. The summed E-state index contributed by atoms with van der Waals surface area (Å²) in [6, 6.07) is 17.2. The second kappa shape index (κ2) is 7.09. The lowest BCUT2D eigenvalue weighted by Gasteiger charge is -2.40. The number of pyridine rings is 1. The van der Waals surface area contributed by atoms with E-state index in [0.717, 1.165) is 0 Å². The van der Waals surface area contributed by atoms with E-state index >= 15 is 0 Å². The number of nitrogens with zero attached hydrogens (tertiary/aromatic N) is 1. The van der Waals surface area contributed by atoms with Gasteiger partial charge in [0, 0.05) is 6.07 Å². The van der Waals surface area contributed by atoms with Crippen molar-refractivity contribution in [2.75, 3.05) is 0 Å². The SMILES string of the molecule is Cc1cc(C)c(C)c(-c2c3ccc([Si]4(C)CCC(C)(C)CC4)cc3cc[n+]2C)c1. The Balaban J connectivity index is 1.85. The standard InChI is InChI=1S/C27H36NSi/c1-19-16-20(2)21(3)25(17-19)26-24-9-8-23(18-22(24)10-13-28(26)6)29(7)14-11-27(4,5)12-15-29/h8-10,13,16-18H,11-12,14-15H2,1-7H3/q+1. The molecule has 2 aromatic carbocycles. The summed E-state index contributed by atoms with van der Waals surface area (Å²) >= 11 is 0. The van der Waals surface area contributed by atoms with E-state index in [1.165, 1.54) is 63.7 Å². The summed E-state index contributed by atoms with van der Waals surface area (Å²) in [4.78, 5) is 0. The van der Waals surface area contributed by atoms with Gasteiger partial charge in [-0.1, -0.05) is 74.3 Å². The molecule has 4 rings (SSSR count). The fourth-order valence-electron chi connectivity index (χ4n) is 5.14. The highest BCUT2D eigenvalue weighted by Gasteiger charge is 2.38. The first-order chi connectivity index (χ1) is 13.6. The van der Waals surface area contributed by atoms with Crippen molar-refractivity contribution >= 4 is 24.0 Å². The van der Waals surface area contributed by atoms with Crippen LogP contribution in [0.2, 0.25) is 18.6 Å². The Hall–Kier alpha value is -1.93. The fourth-order valence-corrected chi connectivity index (χ4v) is 9.41. The number of hydrogen-bond acceptors (Lipinski definition) is 0. The first-order valence-corrected chi connectivity index (χ1v) is 14.0. The molecular weight excluding hydrogens is 366 g/mol. The molecule has 0 N–H and O–H groups in total. The quantitative estimate of drug-likeness (QED) is 0.347. The summed E-state index contributed by atoms with van der Waals surface area (Å²) in [5.41, 5.74) is 7.34. The summed E-state index contributed by atoms with van der Waals surface area (Å²) in [6.07, 6.45) is 5.00. The van der Waals surface area contributed by atoms with E-state index in [4.69, 9.17) is 0 Å². The van der Waals surface area contributed by atoms with Crippen LogP contribution in [-0.4, -0.2) is 8.07 Å². The van der Waals surface area contributed by atoms with Gasteiger partial charge >= 0.3 is 0 Å². The third-order valence-corrected chi connectivity index (χ3v) is 12.0. The van der Waals surface area contributed by atoms with Crippen LogP contribution in [0.25, 0.3) is 22.0 Å². The van der Waals surface area contributed by atoms with Crippen molar-refractivity contribution in [2.45, 2.75) is 66.1 Å². The maximum Gasteiger partial charge on any atom is 0.220 e. The lowest BCUT2D eigenvalue weighted by Crippen LogP contribution is -2.48. The minimum atomic E-state index is -1.36. The molecule has 1 saturated heterocycles. The van der Waals surface area contributed by atoms with Gasteiger partial charge in [-0.3, -0.25) is 0 Å². The third kappa shape index (κ3) is 3.68. The maximum absolute atomic E-state index is 2.61. The van der Waals surface area contributed by atoms with E-state index in [0.29, 0.717) is 5.41 Å². The Labute approximate surface area is 177 Å². The van der Waals surface area contributed by atoms with Crippen molar-refractivity contribution in [1.29, 1.82) is 0 Å². The van der Waals surface area contributed by atoms with Crippen molar-refractivity contribution in [2.24, 2.45) is 12.5 Å². The van der Waals surface area contributed by atoms with Crippen LogP contribution in [0.15, 0.2) is 42.6 Å². The molecule has 0 unspecified atom stereocenters. The highest BCUT2D eigenvalue weighted by Crippen LogP contribution is 2.40. The molecule has 3 aromatic rings. The van der Waals surface area contributed by atoms with Crippen LogP contribution in [0.1, 0.15) is 43.4 Å². The van der Waals surface area contributed by atoms with Crippen molar-refractivity contribution in [3.8, 4) is 11.3 Å². The van der Waals surface area contributed by atoms with Crippen LogP contribution in [0.3, 0.4) is 0 Å². The zero-order valence-corrected chi connectivity index (χ0v) is 20.3. The monoisotopic (exact) mass is 402 g/mol. The molecule has 0 bridgehead atoms. The van der Waals surface area contributed by atoms with E-state index in [2.05, 4.69) is 95.4 Å². The van der Waals surface area contributed by atoms with Crippen molar-refractivity contribution in [1.82, 2.24) is 0 Å². The minimum absolute atomic E-state index is 0.533. The number of aryl methyl sites for hydroxylation is 3. The van der Waals surface area contributed by atoms with Gasteiger partial charge in [0.2, 0.25) is 5.69 Å². The second-order valence-corrected chi connectivity index (χ2v) is 15.3. The topological polar surface area (TPSA) is 3.88 Å². The smallest absolute Gasteiger partial charge is 0.200 e. The second-order valence-electron chi connectivity index (χ2n) is 10.6. The molecule has 0 atom stereocenters. The molecule has 1 nitrogen and oxygen atoms in total. The average molecular weight is 403 g/mol. The highest BCUT2D eigenvalue weighted by molar-refractivity contribution is 6.91. The zero-order chi connectivity index (χ0) is 21.0. The van der Waals surface area contributed by atoms with Gasteiger partial charge in [-0.25, -0.2) is 4.57 Å². The van der Waals surface area contributed by atoms with Gasteiger partial charge in [-0.05, 0) is 54.8 Å². The molecule has 2 heteroatoms. The van der Waals surface area contributed by atoms with E-state index in [1.54, 1.807) is 5.19 Å². The number of aromatic nitrogens is 1. The Morgan fingerprint density at radius 3 is 2.31 bits per heavy atom. The predicted molar refractivity (Wildman–Crippen MR) is 129 cm³/mol. The highest BCUT2D eigenvalue weighted by atomic mass is 28.3. The first kappa shape index (κ1) is 20.3. The fraction of sp³-hybridized carbons (Fsp3) is 0.444. The number of hydrogen-bond donors (Lipinski definition) is 0. The van der Waals surface area contributed by atoms with Gasteiger partial charge in [-0.2, -0.15) is 0 Å². The summed E-state index contributed by atoms with van der Waals surface area (Å²) in [5.74, 6) is 0. The van der Waals surface area contributed by atoms with Gasteiger partial charge in [0.05, 0.1) is 19.0 Å². The summed E-state index contributed by atoms with van der Waals surface area (Å²) in [5, 5.41) is 4.42. The van der Waals surface area contributed by atoms with Crippen LogP contribution < -0.4 is 9.75 Å². The van der Waals surface area contributed by atoms with Crippen LogP contribution >= 0.6 is 0 Å². The van der Waals surface area contributed by atoms with E-state index < -0.39 is 8.07 Å². The van der Waals surface area contributed by atoms with Crippen LogP contribution in [0.5, 0.6) is 0 Å². The molecule has 1 aliphatic rings. The summed E-state index contributed by atoms with van der Waals surface area (Å²) < 4.78 is 2.30. The molecule has 0 amide bonds. The molecule has 152 valence electrons. The van der Waals surface area contributed by atoms with Crippen LogP contribution in [0.4, 0.5) is 0 Å². The van der Waals surface area contributed by atoms with E-state index in [-0.39, 0.29) is 0 Å². The summed E-state index contributed by atoms with van der Waals surface area (Å²) in [6.45, 7) is 14.2. The molecule has 0 radical (unpaired) electrons. The normalized spacial score (nSPS) is 18.2. The number of benzene rings is 2. The van der Waals surface area contributed by atoms with Gasteiger partial charge in [0.15, 0.2) is 6.20 Å². The minimum Gasteiger partial charge on any atom is -0.200 e. The molecule has 0 saturated carbocycles. The average Bonchev–Trinajstić information content (AvgIpc) is 2.67. The van der Waals surface area contributed by atoms with E-state index in [1.807, 2.05) is 0 Å². The van der Waals surface area contributed by atoms with Crippen molar-refractivity contribution < 1.29 is 4.57 Å². The Bertz CT molecular complexity index is 1080. The van der Waals surface area contributed by atoms with Gasteiger partial charge in [0.25, 0.3) is 0 Å². The molecule has 0 spiro atoms. The Morgan fingerprint density at radius 1 is 0.931 bits per heavy atom. The van der Waals surface area contributed by atoms with Gasteiger partial charge < -0.3 is 0 Å². The molecular formula is C27H36NSi+. The molecule has 1 fully saturated rings. The lowest BCUT2D eigenvalue weighted by molar-refractivity contribution is -0.659. The van der Waals surface area contributed by atoms with Crippen LogP contribution in [0, 0.1) is 26.2 Å². The Kier molecular flexibility index (Phi) is 4.97. The number of fused-ring (bicyclic) bond motifs is 1. The lowest BCUT2D eigenvalue weighted by atomic mass is 9.87. The Morgan fingerprint density at radius 2 is 1.62 bits per heavy atom. The van der Waals surface area contributed by atoms with Crippen molar-refractivity contribution in [3.05, 3.63) is 59.3 Å². The van der Waals surface area contributed by atoms with Crippen molar-refractivity contribution in [3.63, 3.8) is 0 Å². The molecule has 2 heterocycles. The maximum atomic E-state index is 2.61. The molecule has 1 aromatic heterocycles. The van der Waals surface area contributed by atoms with Gasteiger partial charge in [-0.15, -0.1) is 0 Å². The number of rotatable bonds is 2.